The molecule has 1 rings (SSSR count). The van der Waals surface area contributed by atoms with Gasteiger partial charge in [-0.25, -0.2) is 0 Å². The van der Waals surface area contributed by atoms with Crippen molar-refractivity contribution in [2.75, 3.05) is 13.1 Å². The predicted octanol–water partition coefficient (Wildman–Crippen LogP) is 1.75. The Morgan fingerprint density at radius 1 is 1.67 bits per heavy atom. The van der Waals surface area contributed by atoms with Crippen LogP contribution in [0.4, 0.5) is 0 Å². The van der Waals surface area contributed by atoms with Gasteiger partial charge in [0, 0.05) is 27.8 Å². The summed E-state index contributed by atoms with van der Waals surface area (Å²) in [5.74, 6) is 0. The lowest BCUT2D eigenvalue weighted by Gasteiger charge is -2.20. The summed E-state index contributed by atoms with van der Waals surface area (Å²) in [6.45, 7) is 2.18. The molecule has 0 radical (unpaired) electrons. The third-order valence-electron chi connectivity index (χ3n) is 1.42. The summed E-state index contributed by atoms with van der Waals surface area (Å²) in [4.78, 5) is 0. The van der Waals surface area contributed by atoms with Gasteiger partial charge in [0.1, 0.15) is 0 Å². The summed E-state index contributed by atoms with van der Waals surface area (Å²) in [5.41, 5.74) is 0. The first-order valence-electron chi connectivity index (χ1n) is 3.08. The molecule has 1 N–H and O–H groups in total. The molecular formula is C5H10INOS. The molecule has 0 saturated carbocycles. The number of piperidine rings is 1. The number of hydrogen-bond donors (Lipinski definition) is 1. The minimum absolute atomic E-state index is 0.445. The Bertz CT molecular complexity index is 74.6. The molecule has 1 unspecified atom stereocenters. The second-order valence-electron chi connectivity index (χ2n) is 2.13. The van der Waals surface area contributed by atoms with Crippen LogP contribution >= 0.6 is 30.4 Å². The molecule has 1 aliphatic rings. The Hall–Kier alpha value is 1.00. The normalized spacial score (nSPS) is 28.3. The molecule has 1 saturated heterocycles. The second kappa shape index (κ2) is 4.76. The molecule has 1 heterocycles. The van der Waals surface area contributed by atoms with E-state index in [2.05, 4.69) is 26.5 Å². The van der Waals surface area contributed by atoms with Crippen LogP contribution < -0.4 is 5.32 Å². The van der Waals surface area contributed by atoms with Crippen molar-refractivity contribution in [3.8, 4) is 0 Å². The van der Waals surface area contributed by atoms with Crippen LogP contribution in [0.15, 0.2) is 0 Å². The van der Waals surface area contributed by atoms with Crippen LogP contribution in [0.1, 0.15) is 12.8 Å². The van der Waals surface area contributed by atoms with E-state index in [1.54, 1.807) is 0 Å². The van der Waals surface area contributed by atoms with Gasteiger partial charge in [-0.3, -0.25) is 0 Å². The number of halogens is 1. The highest BCUT2D eigenvalue weighted by atomic mass is 127. The van der Waals surface area contributed by atoms with Crippen molar-refractivity contribution >= 4 is 30.4 Å². The van der Waals surface area contributed by atoms with Crippen LogP contribution in [0, 0.1) is 0 Å². The Kier molecular flexibility index (Phi) is 4.28. The molecule has 54 valence electrons. The fourth-order valence-electron chi connectivity index (χ4n) is 0.953. The SMILES string of the molecule is ISOC1CCCNC1. The lowest BCUT2D eigenvalue weighted by atomic mass is 10.1. The maximum Gasteiger partial charge on any atom is 0.0856 e. The molecule has 0 aromatic rings. The fourth-order valence-corrected chi connectivity index (χ4v) is 2.10. The molecule has 0 amide bonds. The first kappa shape index (κ1) is 8.10. The van der Waals surface area contributed by atoms with Gasteiger partial charge in [-0.1, -0.05) is 0 Å². The van der Waals surface area contributed by atoms with Crippen LogP contribution in [-0.4, -0.2) is 19.2 Å². The molecule has 0 spiro atoms. The largest absolute Gasteiger partial charge is 0.314 e. The molecule has 1 fully saturated rings. The van der Waals surface area contributed by atoms with E-state index in [-0.39, 0.29) is 0 Å². The van der Waals surface area contributed by atoms with Crippen molar-refractivity contribution < 1.29 is 4.18 Å². The average molecular weight is 259 g/mol. The lowest BCUT2D eigenvalue weighted by Crippen LogP contribution is -2.33. The molecular weight excluding hydrogens is 249 g/mol. The standard InChI is InChI=1S/C5H10INOS/c6-9-8-5-2-1-3-7-4-5/h5,7H,1-4H2. The first-order valence-corrected chi connectivity index (χ1v) is 6.36. The fraction of sp³-hybridized carbons (Fsp3) is 1.00. The summed E-state index contributed by atoms with van der Waals surface area (Å²) in [6, 6.07) is 0. The van der Waals surface area contributed by atoms with Gasteiger partial charge in [-0.05, 0) is 19.4 Å². The highest BCUT2D eigenvalue weighted by Gasteiger charge is 2.12. The molecule has 1 atom stereocenters. The zero-order valence-corrected chi connectivity index (χ0v) is 8.07. The van der Waals surface area contributed by atoms with Gasteiger partial charge < -0.3 is 9.50 Å². The van der Waals surface area contributed by atoms with Gasteiger partial charge in [0.2, 0.25) is 0 Å². The maximum atomic E-state index is 5.32. The topological polar surface area (TPSA) is 21.3 Å². The average Bonchev–Trinajstić information content (AvgIpc) is 1.91. The molecule has 9 heavy (non-hydrogen) atoms. The highest BCUT2D eigenvalue weighted by Crippen LogP contribution is 2.19. The van der Waals surface area contributed by atoms with E-state index in [0.717, 1.165) is 13.1 Å². The Balaban J connectivity index is 2.08. The Labute approximate surface area is 71.9 Å². The molecule has 0 aromatic carbocycles. The molecule has 2 nitrogen and oxygen atoms in total. The maximum absolute atomic E-state index is 5.32. The Morgan fingerprint density at radius 3 is 3.11 bits per heavy atom. The van der Waals surface area contributed by atoms with Crippen LogP contribution in [0.25, 0.3) is 0 Å². The molecule has 4 heteroatoms. The summed E-state index contributed by atoms with van der Waals surface area (Å²) >= 11 is 2.16. The number of hydrogen-bond acceptors (Lipinski definition) is 3. The zero-order chi connectivity index (χ0) is 6.53. The van der Waals surface area contributed by atoms with Crippen LogP contribution in [-0.2, 0) is 4.18 Å². The third-order valence-corrected chi connectivity index (χ3v) is 2.39. The molecule has 0 aromatic heterocycles. The molecule has 1 aliphatic heterocycles. The van der Waals surface area contributed by atoms with Gasteiger partial charge in [0.25, 0.3) is 0 Å². The highest BCUT2D eigenvalue weighted by molar-refractivity contribution is 14.2. The van der Waals surface area contributed by atoms with Crippen molar-refractivity contribution in [3.63, 3.8) is 0 Å². The minimum Gasteiger partial charge on any atom is -0.314 e. The second-order valence-corrected chi connectivity index (χ2v) is 3.52. The van der Waals surface area contributed by atoms with Crippen molar-refractivity contribution in [1.29, 1.82) is 0 Å². The number of nitrogens with one attached hydrogen (secondary N) is 1. The summed E-state index contributed by atoms with van der Waals surface area (Å²) in [5, 5.41) is 3.28. The monoisotopic (exact) mass is 259 g/mol. The zero-order valence-electron chi connectivity index (χ0n) is 5.10. The van der Waals surface area contributed by atoms with E-state index in [9.17, 15) is 0 Å². The first-order chi connectivity index (χ1) is 4.43. The van der Waals surface area contributed by atoms with Crippen molar-refractivity contribution in [2.45, 2.75) is 18.9 Å². The summed E-state index contributed by atoms with van der Waals surface area (Å²) in [7, 11) is 1.44. The van der Waals surface area contributed by atoms with Crippen LogP contribution in [0.2, 0.25) is 0 Å². The summed E-state index contributed by atoms with van der Waals surface area (Å²) in [6.07, 6.45) is 2.91. The van der Waals surface area contributed by atoms with Gasteiger partial charge in [-0.2, -0.15) is 0 Å². The van der Waals surface area contributed by atoms with Gasteiger partial charge in [-0.15, -0.1) is 0 Å². The number of rotatable bonds is 2. The van der Waals surface area contributed by atoms with Crippen molar-refractivity contribution in [2.24, 2.45) is 0 Å². The van der Waals surface area contributed by atoms with Crippen molar-refractivity contribution in [3.05, 3.63) is 0 Å². The van der Waals surface area contributed by atoms with E-state index >= 15 is 0 Å². The van der Waals surface area contributed by atoms with E-state index in [1.165, 1.54) is 22.1 Å². The van der Waals surface area contributed by atoms with Gasteiger partial charge in [0.15, 0.2) is 0 Å². The van der Waals surface area contributed by atoms with Gasteiger partial charge in [0.05, 0.1) is 15.3 Å². The van der Waals surface area contributed by atoms with Crippen LogP contribution in [0.3, 0.4) is 0 Å². The van der Waals surface area contributed by atoms with E-state index in [0.29, 0.717) is 6.10 Å². The van der Waals surface area contributed by atoms with E-state index in [4.69, 9.17) is 4.18 Å². The summed E-state index contributed by atoms with van der Waals surface area (Å²) < 4.78 is 5.32. The lowest BCUT2D eigenvalue weighted by molar-refractivity contribution is 0.202. The minimum atomic E-state index is 0.445. The van der Waals surface area contributed by atoms with Gasteiger partial charge >= 0.3 is 0 Å². The quantitative estimate of drug-likeness (QED) is 0.603. The molecule has 0 aliphatic carbocycles. The predicted molar refractivity (Wildman–Crippen MR) is 48.6 cm³/mol. The van der Waals surface area contributed by atoms with E-state index in [1.807, 2.05) is 0 Å². The van der Waals surface area contributed by atoms with Crippen LogP contribution in [0.5, 0.6) is 0 Å². The molecule has 0 bridgehead atoms. The van der Waals surface area contributed by atoms with Crippen molar-refractivity contribution in [1.82, 2.24) is 5.32 Å². The van der Waals surface area contributed by atoms with E-state index < -0.39 is 0 Å². The Morgan fingerprint density at radius 2 is 2.56 bits per heavy atom. The smallest absolute Gasteiger partial charge is 0.0856 e. The third kappa shape index (κ3) is 3.06.